The zero-order chi connectivity index (χ0) is 16.0. The number of nitrogens with one attached hydrogen (secondary N) is 1. The molecule has 2 N–H and O–H groups in total. The third-order valence-corrected chi connectivity index (χ3v) is 3.92. The lowest BCUT2D eigenvalue weighted by molar-refractivity contribution is -0.147. The lowest BCUT2D eigenvalue weighted by Gasteiger charge is -2.23. The van der Waals surface area contributed by atoms with E-state index >= 15 is 0 Å². The molecule has 0 spiro atoms. The molecule has 120 valence electrons. The number of ether oxygens (including phenoxy) is 2. The molecular weight excluding hydrogens is 354 g/mol. The van der Waals surface area contributed by atoms with Crippen LogP contribution in [0.5, 0.6) is 5.75 Å². The number of amides is 1. The average Bonchev–Trinajstić information content (AvgIpc) is 2.93. The lowest BCUT2D eigenvalue weighted by Crippen LogP contribution is -2.55. The molecule has 7 heteroatoms. The number of carbonyl (C=O) groups is 2. The Balaban J connectivity index is 1.72. The van der Waals surface area contributed by atoms with E-state index in [-0.39, 0.29) is 18.9 Å². The highest BCUT2D eigenvalue weighted by Gasteiger charge is 2.43. The number of carbonyl (C=O) groups excluding carboxylic acids is 1. The Morgan fingerprint density at radius 1 is 1.45 bits per heavy atom. The minimum Gasteiger partial charge on any atom is -0.494 e. The van der Waals surface area contributed by atoms with Crippen molar-refractivity contribution in [3.05, 3.63) is 28.7 Å². The van der Waals surface area contributed by atoms with Crippen LogP contribution in [0.4, 0.5) is 0 Å². The zero-order valence-corrected chi connectivity index (χ0v) is 13.6. The molecule has 2 rings (SSSR count). The maximum Gasteiger partial charge on any atom is 0.331 e. The Bertz CT molecular complexity index is 542. The first-order valence-corrected chi connectivity index (χ1v) is 7.82. The average molecular weight is 372 g/mol. The van der Waals surface area contributed by atoms with Gasteiger partial charge in [-0.3, -0.25) is 4.79 Å². The van der Waals surface area contributed by atoms with Gasteiger partial charge in [0.15, 0.2) is 5.54 Å². The van der Waals surface area contributed by atoms with E-state index in [4.69, 9.17) is 9.47 Å². The summed E-state index contributed by atoms with van der Waals surface area (Å²) in [7, 11) is 0. The summed E-state index contributed by atoms with van der Waals surface area (Å²) >= 11 is 3.35. The molecule has 0 radical (unpaired) electrons. The Kier molecular flexibility index (Phi) is 5.79. The van der Waals surface area contributed by atoms with Crippen molar-refractivity contribution in [1.82, 2.24) is 5.32 Å². The molecule has 1 saturated heterocycles. The molecular formula is C15H18BrNO5. The zero-order valence-electron chi connectivity index (χ0n) is 12.0. The van der Waals surface area contributed by atoms with Crippen LogP contribution in [0.3, 0.4) is 0 Å². The maximum atomic E-state index is 11.9. The minimum absolute atomic E-state index is 0.0165. The highest BCUT2D eigenvalue weighted by Crippen LogP contribution is 2.20. The van der Waals surface area contributed by atoms with Crippen molar-refractivity contribution in [3.8, 4) is 5.75 Å². The normalized spacial score (nSPS) is 20.6. The van der Waals surface area contributed by atoms with Crippen molar-refractivity contribution >= 4 is 27.8 Å². The largest absolute Gasteiger partial charge is 0.494 e. The molecule has 1 aliphatic rings. The van der Waals surface area contributed by atoms with E-state index < -0.39 is 11.5 Å². The number of carboxylic acid groups (broad SMARTS) is 1. The molecule has 0 bridgehead atoms. The fourth-order valence-corrected chi connectivity index (χ4v) is 2.57. The fraction of sp³-hybridized carbons (Fsp3) is 0.467. The molecule has 0 aromatic heterocycles. The van der Waals surface area contributed by atoms with Crippen molar-refractivity contribution in [1.29, 1.82) is 0 Å². The summed E-state index contributed by atoms with van der Waals surface area (Å²) in [4.78, 5) is 23.2. The van der Waals surface area contributed by atoms with Gasteiger partial charge in [-0.1, -0.05) is 22.0 Å². The molecule has 1 amide bonds. The molecule has 0 saturated carbocycles. The third kappa shape index (κ3) is 4.45. The van der Waals surface area contributed by atoms with E-state index in [2.05, 4.69) is 21.2 Å². The van der Waals surface area contributed by atoms with Gasteiger partial charge in [-0.05, 0) is 24.6 Å². The fourth-order valence-electron chi connectivity index (χ4n) is 2.19. The van der Waals surface area contributed by atoms with E-state index in [0.717, 1.165) is 10.2 Å². The minimum atomic E-state index is -1.28. The Morgan fingerprint density at radius 3 is 2.91 bits per heavy atom. The van der Waals surface area contributed by atoms with Crippen LogP contribution < -0.4 is 10.1 Å². The van der Waals surface area contributed by atoms with Crippen molar-refractivity contribution in [2.45, 2.75) is 24.8 Å². The highest BCUT2D eigenvalue weighted by molar-refractivity contribution is 9.10. The van der Waals surface area contributed by atoms with Crippen molar-refractivity contribution in [2.75, 3.05) is 19.8 Å². The third-order valence-electron chi connectivity index (χ3n) is 3.42. The number of rotatable bonds is 7. The summed E-state index contributed by atoms with van der Waals surface area (Å²) in [5.41, 5.74) is -1.28. The van der Waals surface area contributed by atoms with Crippen molar-refractivity contribution in [2.24, 2.45) is 0 Å². The van der Waals surface area contributed by atoms with Crippen molar-refractivity contribution < 1.29 is 24.2 Å². The molecule has 6 nitrogen and oxygen atoms in total. The monoisotopic (exact) mass is 371 g/mol. The smallest absolute Gasteiger partial charge is 0.331 e. The van der Waals surface area contributed by atoms with Gasteiger partial charge in [-0.15, -0.1) is 0 Å². The first-order chi connectivity index (χ1) is 10.5. The van der Waals surface area contributed by atoms with Gasteiger partial charge in [0.25, 0.3) is 0 Å². The van der Waals surface area contributed by atoms with Crippen LogP contribution >= 0.6 is 15.9 Å². The topological polar surface area (TPSA) is 84.9 Å². The van der Waals surface area contributed by atoms with Crippen LogP contribution in [-0.4, -0.2) is 42.3 Å². The quantitative estimate of drug-likeness (QED) is 0.715. The van der Waals surface area contributed by atoms with Gasteiger partial charge in [-0.2, -0.15) is 0 Å². The van der Waals surface area contributed by atoms with Crippen LogP contribution in [0.25, 0.3) is 0 Å². The molecule has 1 aromatic rings. The number of aliphatic carboxylic acids is 1. The lowest BCUT2D eigenvalue weighted by atomic mass is 9.99. The number of carboxylic acids is 1. The SMILES string of the molecule is O=C(CCCOc1cccc(Br)c1)NC1(C(=O)O)CCOC1. The summed E-state index contributed by atoms with van der Waals surface area (Å²) in [6.07, 6.45) is 1.01. The van der Waals surface area contributed by atoms with Crippen LogP contribution in [0, 0.1) is 0 Å². The second kappa shape index (κ2) is 7.60. The summed E-state index contributed by atoms with van der Waals surface area (Å²) in [5, 5.41) is 11.8. The number of benzene rings is 1. The summed E-state index contributed by atoms with van der Waals surface area (Å²) in [6.45, 7) is 0.752. The molecule has 1 atom stereocenters. The molecule has 1 aliphatic heterocycles. The van der Waals surface area contributed by atoms with Crippen LogP contribution in [0.2, 0.25) is 0 Å². The maximum absolute atomic E-state index is 11.9. The number of hydrogen-bond donors (Lipinski definition) is 2. The second-order valence-corrected chi connectivity index (χ2v) is 6.06. The first-order valence-electron chi connectivity index (χ1n) is 7.02. The summed E-state index contributed by atoms with van der Waals surface area (Å²) in [6, 6.07) is 7.44. The van der Waals surface area contributed by atoms with Gasteiger partial charge in [0.1, 0.15) is 5.75 Å². The van der Waals surface area contributed by atoms with Crippen LogP contribution in [0.15, 0.2) is 28.7 Å². The van der Waals surface area contributed by atoms with Gasteiger partial charge >= 0.3 is 5.97 Å². The van der Waals surface area contributed by atoms with Gasteiger partial charge in [0.2, 0.25) is 5.91 Å². The van der Waals surface area contributed by atoms with Crippen LogP contribution in [-0.2, 0) is 14.3 Å². The van der Waals surface area contributed by atoms with E-state index in [9.17, 15) is 14.7 Å². The van der Waals surface area contributed by atoms with Gasteiger partial charge in [-0.25, -0.2) is 4.79 Å². The Labute approximate surface area is 136 Å². The molecule has 1 heterocycles. The molecule has 1 fully saturated rings. The predicted octanol–water partition coefficient (Wildman–Crippen LogP) is 1.97. The Hall–Kier alpha value is -1.60. The van der Waals surface area contributed by atoms with Gasteiger partial charge in [0, 0.05) is 23.9 Å². The van der Waals surface area contributed by atoms with E-state index in [0.29, 0.717) is 26.1 Å². The van der Waals surface area contributed by atoms with E-state index in [1.165, 1.54) is 0 Å². The summed E-state index contributed by atoms with van der Waals surface area (Å²) in [5.74, 6) is -0.629. The molecule has 0 aliphatic carbocycles. The second-order valence-electron chi connectivity index (χ2n) is 5.15. The standard InChI is InChI=1S/C15H18BrNO5/c16-11-3-1-4-12(9-11)22-7-2-5-13(18)17-15(14(19)20)6-8-21-10-15/h1,3-4,9H,2,5-8,10H2,(H,17,18)(H,19,20). The molecule has 22 heavy (non-hydrogen) atoms. The van der Waals surface area contributed by atoms with E-state index in [1.807, 2.05) is 24.3 Å². The van der Waals surface area contributed by atoms with E-state index in [1.54, 1.807) is 0 Å². The molecule has 1 unspecified atom stereocenters. The first kappa shape index (κ1) is 16.8. The van der Waals surface area contributed by atoms with Gasteiger partial charge in [0.05, 0.1) is 13.2 Å². The van der Waals surface area contributed by atoms with Gasteiger partial charge < -0.3 is 19.9 Å². The van der Waals surface area contributed by atoms with Crippen molar-refractivity contribution in [3.63, 3.8) is 0 Å². The number of hydrogen-bond acceptors (Lipinski definition) is 4. The number of halogens is 1. The molecule has 1 aromatic carbocycles. The van der Waals surface area contributed by atoms with Crippen LogP contribution in [0.1, 0.15) is 19.3 Å². The summed E-state index contributed by atoms with van der Waals surface area (Å²) < 4.78 is 11.5. The Morgan fingerprint density at radius 2 is 2.27 bits per heavy atom. The highest BCUT2D eigenvalue weighted by atomic mass is 79.9. The predicted molar refractivity (Wildman–Crippen MR) is 82.8 cm³/mol.